The van der Waals surface area contributed by atoms with Crippen molar-refractivity contribution in [1.82, 2.24) is 0 Å². The van der Waals surface area contributed by atoms with E-state index in [9.17, 15) is 53.8 Å². The largest absolute Gasteiger partial charge is 0.397 e. The molecule has 17 nitrogen and oxygen atoms in total. The van der Waals surface area contributed by atoms with Crippen LogP contribution in [0.3, 0.4) is 0 Å². The van der Waals surface area contributed by atoms with Crippen LogP contribution < -0.4 is 0 Å². The van der Waals surface area contributed by atoms with Crippen molar-refractivity contribution in [1.29, 1.82) is 0 Å². The maximum atomic E-state index is 12.8. The summed E-state index contributed by atoms with van der Waals surface area (Å²) in [7, 11) is -3.64. The van der Waals surface area contributed by atoms with Gasteiger partial charge in [0, 0.05) is 25.4 Å². The molecule has 6 aliphatic rings. The molecule has 4 aliphatic carbocycles. The Balaban J connectivity index is 1.10. The van der Waals surface area contributed by atoms with Crippen molar-refractivity contribution >= 4 is 10.4 Å². The van der Waals surface area contributed by atoms with Crippen LogP contribution in [0.2, 0.25) is 0 Å². The minimum atomic E-state index is -4.97. The Morgan fingerprint density at radius 2 is 1.40 bits per heavy atom. The number of ether oxygens (including phenoxy) is 5. The molecular formula is C40H70O17S. The Morgan fingerprint density at radius 1 is 0.776 bits per heavy atom. The van der Waals surface area contributed by atoms with Gasteiger partial charge in [-0.2, -0.15) is 8.42 Å². The van der Waals surface area contributed by atoms with Gasteiger partial charge >= 0.3 is 10.4 Å². The molecule has 58 heavy (non-hydrogen) atoms. The van der Waals surface area contributed by atoms with E-state index in [0.29, 0.717) is 32.1 Å². The van der Waals surface area contributed by atoms with Gasteiger partial charge in [0.05, 0.1) is 49.8 Å². The highest BCUT2D eigenvalue weighted by molar-refractivity contribution is 7.80. The van der Waals surface area contributed by atoms with Crippen LogP contribution in [-0.2, 0) is 38.3 Å². The molecule has 0 aromatic carbocycles. The lowest BCUT2D eigenvalue weighted by Crippen LogP contribution is -2.71. The first-order valence-electron chi connectivity index (χ1n) is 21.2. The third-order valence-electron chi connectivity index (χ3n) is 15.8. The van der Waals surface area contributed by atoms with Crippen LogP contribution in [0.25, 0.3) is 0 Å². The van der Waals surface area contributed by atoms with Crippen LogP contribution in [0.15, 0.2) is 0 Å². The normalized spacial score (nSPS) is 49.5. The van der Waals surface area contributed by atoms with E-state index in [1.807, 2.05) is 6.92 Å². The number of fused-ring (bicyclic) bond motifs is 5. The second-order valence-corrected chi connectivity index (χ2v) is 20.5. The summed E-state index contributed by atoms with van der Waals surface area (Å²) in [6.45, 7) is 10.3. The van der Waals surface area contributed by atoms with Crippen molar-refractivity contribution in [3.05, 3.63) is 0 Å². The summed E-state index contributed by atoms with van der Waals surface area (Å²) in [6.07, 6.45) is -9.64. The molecule has 14 unspecified atom stereocenters. The van der Waals surface area contributed by atoms with Crippen molar-refractivity contribution in [2.24, 2.45) is 52.3 Å². The molecule has 9 N–H and O–H groups in total. The van der Waals surface area contributed by atoms with Gasteiger partial charge in [-0.1, -0.05) is 41.0 Å². The molecule has 0 aromatic heterocycles. The van der Waals surface area contributed by atoms with E-state index in [0.717, 1.165) is 12.8 Å². The van der Waals surface area contributed by atoms with Gasteiger partial charge in [0.1, 0.15) is 36.6 Å². The molecule has 2 heterocycles. The second-order valence-electron chi connectivity index (χ2n) is 19.4. The molecule has 21 atom stereocenters. The van der Waals surface area contributed by atoms with Crippen molar-refractivity contribution in [2.45, 2.75) is 172 Å². The summed E-state index contributed by atoms with van der Waals surface area (Å²) >= 11 is 0. The molecule has 338 valence electrons. The Labute approximate surface area is 342 Å². The zero-order valence-electron chi connectivity index (χ0n) is 34.7. The zero-order chi connectivity index (χ0) is 42.7. The van der Waals surface area contributed by atoms with Crippen LogP contribution >= 0.6 is 0 Å². The molecule has 2 aliphatic heterocycles. The highest BCUT2D eigenvalue weighted by Gasteiger charge is 2.72. The average molecular weight is 855 g/mol. The molecule has 0 amide bonds. The molecule has 4 saturated carbocycles. The van der Waals surface area contributed by atoms with E-state index in [-0.39, 0.29) is 56.3 Å². The predicted octanol–water partition coefficient (Wildman–Crippen LogP) is 0.512. The summed E-state index contributed by atoms with van der Waals surface area (Å²) in [5.41, 5.74) is -2.88. The Bertz CT molecular complexity index is 1490. The summed E-state index contributed by atoms with van der Waals surface area (Å²) in [5.74, 6) is -1.19. The van der Waals surface area contributed by atoms with E-state index < -0.39 is 118 Å². The molecule has 0 aromatic rings. The molecule has 2 saturated heterocycles. The predicted molar refractivity (Wildman–Crippen MR) is 204 cm³/mol. The standard InChI is InChI=1S/C40H70O17S/c1-19(2)21(11-14-53-36-34(32(47)26(44)17-54-36)56-37-33(52-6)31(46)25(43)18-55-37)8-7-20(3)22-15-24(42)35-38(22,4)13-10-28-39(5)12-9-23(41)30(45)29(39)27(16-40(28,35)48)57-58(49,50)51/h19-37,41-48H,7-18H2,1-6H3,(H,49,50,51)/t20?,21-,22-,23+,24?,25?,26?,27?,28?,29?,30+,31?,32?,33?,34?,35?,36?,37?,38-,39-,40+/m1/s1. The van der Waals surface area contributed by atoms with E-state index >= 15 is 0 Å². The van der Waals surface area contributed by atoms with E-state index in [1.165, 1.54) is 7.11 Å². The van der Waals surface area contributed by atoms with Crippen LogP contribution in [-0.4, -0.2) is 160 Å². The minimum Gasteiger partial charge on any atom is -0.393 e. The molecule has 6 rings (SSSR count). The molecule has 0 radical (unpaired) electrons. The van der Waals surface area contributed by atoms with Gasteiger partial charge in [-0.05, 0) is 85.4 Å². The third-order valence-corrected chi connectivity index (χ3v) is 16.3. The molecule has 0 bridgehead atoms. The second kappa shape index (κ2) is 17.8. The van der Waals surface area contributed by atoms with Crippen LogP contribution in [0.5, 0.6) is 0 Å². The SMILES string of the molecule is COC1C(OC2C(OCC[C@@H](CCC(C)[C@H]3CC(O)C4[C@]5(O)CC(OS(=O)(=O)O)C6[C@@H](O)[C@@H](O)CC[C@]6(C)C5CC[C@@]43C)C(C)C)OCC(O)C2O)OCC(O)C1O. The Kier molecular flexibility index (Phi) is 14.4. The van der Waals surface area contributed by atoms with Gasteiger partial charge < -0.3 is 64.5 Å². The maximum absolute atomic E-state index is 12.8. The fourth-order valence-corrected chi connectivity index (χ4v) is 13.4. The summed E-state index contributed by atoms with van der Waals surface area (Å²) in [6, 6.07) is 0. The molecular weight excluding hydrogens is 784 g/mol. The van der Waals surface area contributed by atoms with Gasteiger partial charge in [-0.25, -0.2) is 4.18 Å². The topological polar surface area (TPSA) is 272 Å². The summed E-state index contributed by atoms with van der Waals surface area (Å²) < 4.78 is 67.9. The number of aliphatic hydroxyl groups is 8. The number of hydrogen-bond acceptors (Lipinski definition) is 16. The smallest absolute Gasteiger partial charge is 0.393 e. The lowest BCUT2D eigenvalue weighted by atomic mass is 9.41. The highest BCUT2D eigenvalue weighted by atomic mass is 32.3. The number of methoxy groups -OCH3 is 1. The van der Waals surface area contributed by atoms with Gasteiger partial charge in [0.25, 0.3) is 0 Å². The van der Waals surface area contributed by atoms with E-state index in [4.69, 9.17) is 27.9 Å². The van der Waals surface area contributed by atoms with Crippen molar-refractivity contribution < 1.29 is 81.7 Å². The van der Waals surface area contributed by atoms with Crippen molar-refractivity contribution in [3.63, 3.8) is 0 Å². The van der Waals surface area contributed by atoms with Crippen molar-refractivity contribution in [2.75, 3.05) is 26.9 Å². The Morgan fingerprint density at radius 3 is 2.02 bits per heavy atom. The quantitative estimate of drug-likeness (QED) is 0.108. The number of aliphatic hydroxyl groups excluding tert-OH is 7. The van der Waals surface area contributed by atoms with Crippen LogP contribution in [0.1, 0.15) is 92.4 Å². The average Bonchev–Trinajstić information content (AvgIpc) is 3.42. The fourth-order valence-electron chi connectivity index (χ4n) is 12.9. The van der Waals surface area contributed by atoms with Crippen LogP contribution in [0.4, 0.5) is 0 Å². The lowest BCUT2D eigenvalue weighted by molar-refractivity contribution is -0.345. The molecule has 18 heteroatoms. The first-order chi connectivity index (χ1) is 27.1. The zero-order valence-corrected chi connectivity index (χ0v) is 35.5. The number of rotatable bonds is 14. The highest BCUT2D eigenvalue weighted by Crippen LogP contribution is 2.70. The first-order valence-corrected chi connectivity index (χ1v) is 22.6. The fraction of sp³-hybridized carbons (Fsp3) is 1.00. The summed E-state index contributed by atoms with van der Waals surface area (Å²) in [5, 5.41) is 88.1. The first kappa shape index (κ1) is 46.8. The molecule has 6 fully saturated rings. The van der Waals surface area contributed by atoms with Gasteiger partial charge in [0.15, 0.2) is 12.6 Å². The van der Waals surface area contributed by atoms with Gasteiger partial charge in [0.2, 0.25) is 0 Å². The van der Waals surface area contributed by atoms with Gasteiger partial charge in [-0.3, -0.25) is 4.55 Å². The maximum Gasteiger partial charge on any atom is 0.397 e. The minimum absolute atomic E-state index is 0.0332. The monoisotopic (exact) mass is 854 g/mol. The number of hydrogen-bond donors (Lipinski definition) is 9. The third kappa shape index (κ3) is 8.79. The summed E-state index contributed by atoms with van der Waals surface area (Å²) in [4.78, 5) is 0. The van der Waals surface area contributed by atoms with Gasteiger partial charge in [-0.15, -0.1) is 0 Å². The van der Waals surface area contributed by atoms with E-state index in [2.05, 4.69) is 27.7 Å². The lowest BCUT2D eigenvalue weighted by Gasteiger charge is -2.66. The Hall–Kier alpha value is -0.650. The van der Waals surface area contributed by atoms with E-state index in [1.54, 1.807) is 0 Å². The van der Waals surface area contributed by atoms with Crippen LogP contribution in [0, 0.1) is 52.3 Å². The molecule has 0 spiro atoms. The van der Waals surface area contributed by atoms with Crippen molar-refractivity contribution in [3.8, 4) is 0 Å².